The summed E-state index contributed by atoms with van der Waals surface area (Å²) in [5, 5.41) is 6.97. The maximum atomic E-state index is 5.49. The highest BCUT2D eigenvalue weighted by molar-refractivity contribution is 7.09. The smallest absolute Gasteiger partial charge is 0.0982 e. The van der Waals surface area contributed by atoms with Crippen LogP contribution in [0.2, 0.25) is 0 Å². The molecule has 1 aliphatic carbocycles. The Labute approximate surface area is 114 Å². The molecule has 0 saturated heterocycles. The van der Waals surface area contributed by atoms with Crippen molar-refractivity contribution in [3.05, 3.63) is 16.1 Å². The fourth-order valence-corrected chi connectivity index (χ4v) is 3.32. The van der Waals surface area contributed by atoms with Gasteiger partial charge in [0.1, 0.15) is 0 Å². The minimum absolute atomic E-state index is 0.158. The second kappa shape index (κ2) is 5.68. The molecule has 1 aromatic heterocycles. The highest BCUT2D eigenvalue weighted by Crippen LogP contribution is 2.26. The summed E-state index contributed by atoms with van der Waals surface area (Å²) < 4.78 is 5.49. The molecule has 1 saturated carbocycles. The number of thiazole rings is 1. The zero-order valence-electron chi connectivity index (χ0n) is 11.8. The standard InChI is InChI=1S/C14H24N2OS/c1-14(2,3)13-16-10(9-18-13)8-15-11-6-5-7-12(11)17-4/h9,11-12,15H,5-8H2,1-4H3. The lowest BCUT2D eigenvalue weighted by atomic mass is 9.98. The van der Waals surface area contributed by atoms with Crippen molar-refractivity contribution in [1.29, 1.82) is 0 Å². The third-order valence-corrected chi connectivity index (χ3v) is 4.81. The molecule has 0 amide bonds. The van der Waals surface area contributed by atoms with E-state index in [0.717, 1.165) is 12.2 Å². The number of rotatable bonds is 4. The topological polar surface area (TPSA) is 34.1 Å². The van der Waals surface area contributed by atoms with Gasteiger partial charge in [-0.3, -0.25) is 0 Å². The predicted molar refractivity (Wildman–Crippen MR) is 76.1 cm³/mol. The molecule has 1 aromatic rings. The number of nitrogens with one attached hydrogen (secondary N) is 1. The van der Waals surface area contributed by atoms with Crippen molar-refractivity contribution in [2.45, 2.75) is 64.1 Å². The Balaban J connectivity index is 1.89. The Hall–Kier alpha value is -0.450. The van der Waals surface area contributed by atoms with Crippen LogP contribution in [-0.2, 0) is 16.7 Å². The fourth-order valence-electron chi connectivity index (χ4n) is 2.41. The quantitative estimate of drug-likeness (QED) is 0.911. The van der Waals surface area contributed by atoms with Crippen molar-refractivity contribution in [2.75, 3.05) is 7.11 Å². The van der Waals surface area contributed by atoms with Crippen molar-refractivity contribution in [1.82, 2.24) is 10.3 Å². The monoisotopic (exact) mass is 268 g/mol. The Kier molecular flexibility index (Phi) is 4.41. The molecule has 1 aliphatic rings. The SMILES string of the molecule is COC1CCCC1NCc1csc(C(C)(C)C)n1. The van der Waals surface area contributed by atoms with Gasteiger partial charge in [-0.15, -0.1) is 11.3 Å². The number of methoxy groups -OCH3 is 1. The van der Waals surface area contributed by atoms with Gasteiger partial charge in [-0.25, -0.2) is 4.98 Å². The molecular formula is C14H24N2OS. The van der Waals surface area contributed by atoms with Gasteiger partial charge < -0.3 is 10.1 Å². The van der Waals surface area contributed by atoms with Gasteiger partial charge in [-0.1, -0.05) is 20.8 Å². The largest absolute Gasteiger partial charge is 0.380 e. The maximum absolute atomic E-state index is 5.49. The first kappa shape index (κ1) is 14.0. The summed E-state index contributed by atoms with van der Waals surface area (Å²) in [6.07, 6.45) is 4.04. The number of hydrogen-bond donors (Lipinski definition) is 1. The van der Waals surface area contributed by atoms with Gasteiger partial charge in [0.05, 0.1) is 16.8 Å². The number of aromatic nitrogens is 1. The van der Waals surface area contributed by atoms with Crippen LogP contribution in [0, 0.1) is 0 Å². The minimum atomic E-state index is 0.158. The first-order chi connectivity index (χ1) is 8.50. The van der Waals surface area contributed by atoms with E-state index in [0.29, 0.717) is 12.1 Å². The van der Waals surface area contributed by atoms with E-state index in [4.69, 9.17) is 9.72 Å². The molecule has 0 spiro atoms. The Bertz CT molecular complexity index is 383. The zero-order valence-corrected chi connectivity index (χ0v) is 12.6. The van der Waals surface area contributed by atoms with Crippen LogP contribution in [0.5, 0.6) is 0 Å². The van der Waals surface area contributed by atoms with E-state index in [-0.39, 0.29) is 5.41 Å². The Morgan fingerprint density at radius 2 is 2.22 bits per heavy atom. The molecule has 3 nitrogen and oxygen atoms in total. The summed E-state index contributed by atoms with van der Waals surface area (Å²) in [5.41, 5.74) is 1.32. The lowest BCUT2D eigenvalue weighted by molar-refractivity contribution is 0.0846. The van der Waals surface area contributed by atoms with Gasteiger partial charge in [0.2, 0.25) is 0 Å². The van der Waals surface area contributed by atoms with Crippen LogP contribution in [0.3, 0.4) is 0 Å². The summed E-state index contributed by atoms with van der Waals surface area (Å²) in [7, 11) is 1.81. The van der Waals surface area contributed by atoms with Gasteiger partial charge >= 0.3 is 0 Å². The number of ether oxygens (including phenoxy) is 1. The molecule has 4 heteroatoms. The summed E-state index contributed by atoms with van der Waals surface area (Å²) in [5.74, 6) is 0. The molecule has 1 fully saturated rings. The third kappa shape index (κ3) is 3.31. The van der Waals surface area contributed by atoms with E-state index in [2.05, 4.69) is 31.5 Å². The van der Waals surface area contributed by atoms with Gasteiger partial charge in [0.15, 0.2) is 0 Å². The molecule has 0 bridgehead atoms. The molecule has 0 aromatic carbocycles. The van der Waals surface area contributed by atoms with E-state index in [1.54, 1.807) is 11.3 Å². The highest BCUT2D eigenvalue weighted by Gasteiger charge is 2.26. The molecule has 1 N–H and O–H groups in total. The van der Waals surface area contributed by atoms with Gasteiger partial charge in [0, 0.05) is 30.5 Å². The molecule has 102 valence electrons. The minimum Gasteiger partial charge on any atom is -0.380 e. The Morgan fingerprint density at radius 3 is 2.83 bits per heavy atom. The highest BCUT2D eigenvalue weighted by atomic mass is 32.1. The predicted octanol–water partition coefficient (Wildman–Crippen LogP) is 3.10. The molecule has 0 radical (unpaired) electrons. The number of hydrogen-bond acceptors (Lipinski definition) is 4. The molecule has 2 rings (SSSR count). The van der Waals surface area contributed by atoms with Crippen molar-refractivity contribution in [3.63, 3.8) is 0 Å². The Morgan fingerprint density at radius 1 is 1.44 bits per heavy atom. The lowest BCUT2D eigenvalue weighted by Crippen LogP contribution is -2.36. The molecule has 0 aliphatic heterocycles. The van der Waals surface area contributed by atoms with Crippen LogP contribution in [0.4, 0.5) is 0 Å². The van der Waals surface area contributed by atoms with Gasteiger partial charge in [-0.05, 0) is 19.3 Å². The first-order valence-corrected chi connectivity index (χ1v) is 7.59. The van der Waals surface area contributed by atoms with E-state index in [9.17, 15) is 0 Å². The van der Waals surface area contributed by atoms with Crippen LogP contribution >= 0.6 is 11.3 Å². The van der Waals surface area contributed by atoms with Crippen LogP contribution in [0.25, 0.3) is 0 Å². The number of nitrogens with zero attached hydrogens (tertiary/aromatic N) is 1. The normalized spacial score (nSPS) is 24.7. The lowest BCUT2D eigenvalue weighted by Gasteiger charge is -2.19. The molecule has 18 heavy (non-hydrogen) atoms. The van der Waals surface area contributed by atoms with Crippen molar-refractivity contribution in [3.8, 4) is 0 Å². The van der Waals surface area contributed by atoms with E-state index < -0.39 is 0 Å². The van der Waals surface area contributed by atoms with E-state index in [1.807, 2.05) is 7.11 Å². The van der Waals surface area contributed by atoms with E-state index >= 15 is 0 Å². The summed E-state index contributed by atoms with van der Waals surface area (Å²) in [6, 6.07) is 0.495. The van der Waals surface area contributed by atoms with E-state index in [1.165, 1.54) is 24.3 Å². The van der Waals surface area contributed by atoms with Crippen molar-refractivity contribution in [2.24, 2.45) is 0 Å². The second-order valence-electron chi connectivity index (χ2n) is 6.09. The zero-order chi connectivity index (χ0) is 13.2. The average molecular weight is 268 g/mol. The van der Waals surface area contributed by atoms with Crippen LogP contribution < -0.4 is 5.32 Å². The first-order valence-electron chi connectivity index (χ1n) is 6.72. The second-order valence-corrected chi connectivity index (χ2v) is 6.94. The van der Waals surface area contributed by atoms with Gasteiger partial charge in [-0.2, -0.15) is 0 Å². The summed E-state index contributed by atoms with van der Waals surface area (Å²) >= 11 is 1.76. The maximum Gasteiger partial charge on any atom is 0.0982 e. The van der Waals surface area contributed by atoms with Gasteiger partial charge in [0.25, 0.3) is 0 Å². The molecule has 1 heterocycles. The van der Waals surface area contributed by atoms with Crippen molar-refractivity contribution >= 4 is 11.3 Å². The fraction of sp³-hybridized carbons (Fsp3) is 0.786. The summed E-state index contributed by atoms with van der Waals surface area (Å²) in [4.78, 5) is 4.71. The average Bonchev–Trinajstić information content (AvgIpc) is 2.94. The van der Waals surface area contributed by atoms with Crippen molar-refractivity contribution < 1.29 is 4.74 Å². The summed E-state index contributed by atoms with van der Waals surface area (Å²) in [6.45, 7) is 7.49. The molecule has 2 atom stereocenters. The third-order valence-electron chi connectivity index (χ3n) is 3.49. The van der Waals surface area contributed by atoms with Crippen LogP contribution in [0.1, 0.15) is 50.7 Å². The molecular weight excluding hydrogens is 244 g/mol. The van der Waals surface area contributed by atoms with Crippen LogP contribution in [0.15, 0.2) is 5.38 Å². The van der Waals surface area contributed by atoms with Crippen LogP contribution in [-0.4, -0.2) is 24.2 Å². The molecule has 2 unspecified atom stereocenters.